The van der Waals surface area contributed by atoms with E-state index in [1.807, 2.05) is 19.1 Å². The molecular weight excluding hydrogens is 392 g/mol. The van der Waals surface area contributed by atoms with E-state index in [0.29, 0.717) is 21.7 Å². The van der Waals surface area contributed by atoms with E-state index in [1.165, 1.54) is 11.1 Å². The molecule has 1 fully saturated rings. The number of halogens is 1. The van der Waals surface area contributed by atoms with Crippen molar-refractivity contribution in [1.29, 1.82) is 0 Å². The van der Waals surface area contributed by atoms with Crippen molar-refractivity contribution in [2.45, 2.75) is 26.0 Å². The molecule has 0 saturated carbocycles. The van der Waals surface area contributed by atoms with E-state index in [2.05, 4.69) is 10.4 Å². The van der Waals surface area contributed by atoms with Crippen LogP contribution in [0.1, 0.15) is 31.8 Å². The van der Waals surface area contributed by atoms with Gasteiger partial charge in [-0.05, 0) is 43.2 Å². The Morgan fingerprint density at radius 2 is 2.03 bits per heavy atom. The molecule has 4 rings (SSSR count). The minimum absolute atomic E-state index is 0.133. The maximum absolute atomic E-state index is 13.0. The normalized spacial score (nSPS) is 19.0. The first-order chi connectivity index (χ1) is 13.8. The van der Waals surface area contributed by atoms with Crippen molar-refractivity contribution in [3.8, 4) is 0 Å². The first kappa shape index (κ1) is 19.4. The van der Waals surface area contributed by atoms with Crippen LogP contribution in [0.3, 0.4) is 0 Å². The number of nitrogens with one attached hydrogen (secondary N) is 1. The lowest BCUT2D eigenvalue weighted by Gasteiger charge is -2.18. The summed E-state index contributed by atoms with van der Waals surface area (Å²) in [6.07, 6.45) is 2.46. The molecular formula is C21H21ClN4O3. The van der Waals surface area contributed by atoms with Crippen LogP contribution in [0, 0.1) is 13.8 Å². The number of β-amino-alcohol motifs (C(OH)–C–C–N with tert-alkyl or cyclic N) is 1. The van der Waals surface area contributed by atoms with Crippen molar-refractivity contribution in [3.63, 3.8) is 0 Å². The smallest absolute Gasteiger partial charge is 0.257 e. The molecule has 1 aromatic carbocycles. The summed E-state index contributed by atoms with van der Waals surface area (Å²) in [6.45, 7) is 4.09. The molecule has 2 amide bonds. The zero-order chi connectivity index (χ0) is 20.7. The van der Waals surface area contributed by atoms with Gasteiger partial charge < -0.3 is 15.3 Å². The Morgan fingerprint density at radius 3 is 2.79 bits per heavy atom. The first-order valence-corrected chi connectivity index (χ1v) is 9.70. The van der Waals surface area contributed by atoms with Crippen LogP contribution in [-0.2, 0) is 0 Å². The number of aliphatic hydroxyl groups excluding tert-OH is 1. The highest BCUT2D eigenvalue weighted by Crippen LogP contribution is 2.22. The van der Waals surface area contributed by atoms with Crippen LogP contribution in [0.4, 0.5) is 0 Å². The Kier molecular flexibility index (Phi) is 5.02. The first-order valence-electron chi connectivity index (χ1n) is 9.32. The molecule has 2 atom stereocenters. The van der Waals surface area contributed by atoms with Gasteiger partial charge in [-0.2, -0.15) is 5.10 Å². The number of aryl methyl sites for hydroxylation is 2. The molecule has 0 spiro atoms. The molecule has 8 heteroatoms. The number of aliphatic hydroxyl groups is 1. The largest absolute Gasteiger partial charge is 0.389 e. The number of amides is 2. The van der Waals surface area contributed by atoms with Crippen LogP contribution in [0.15, 0.2) is 42.7 Å². The molecule has 0 radical (unpaired) electrons. The lowest BCUT2D eigenvalue weighted by Crippen LogP contribution is -2.43. The molecule has 0 aliphatic carbocycles. The molecule has 3 heterocycles. The van der Waals surface area contributed by atoms with Crippen LogP contribution in [0.25, 0.3) is 5.52 Å². The maximum Gasteiger partial charge on any atom is 0.257 e. The van der Waals surface area contributed by atoms with Gasteiger partial charge in [0.25, 0.3) is 11.8 Å². The highest BCUT2D eigenvalue weighted by atomic mass is 35.5. The fourth-order valence-corrected chi connectivity index (χ4v) is 3.98. The number of likely N-dealkylation sites (tertiary alicyclic amines) is 1. The summed E-state index contributed by atoms with van der Waals surface area (Å²) in [4.78, 5) is 27.2. The van der Waals surface area contributed by atoms with E-state index in [1.54, 1.807) is 35.8 Å². The number of benzene rings is 1. The highest BCUT2D eigenvalue weighted by molar-refractivity contribution is 6.34. The summed E-state index contributed by atoms with van der Waals surface area (Å²) in [6, 6.07) is 8.46. The summed E-state index contributed by atoms with van der Waals surface area (Å²) in [5.74, 6) is -0.589. The van der Waals surface area contributed by atoms with Gasteiger partial charge in [-0.15, -0.1) is 0 Å². The second-order valence-corrected chi connectivity index (χ2v) is 7.79. The van der Waals surface area contributed by atoms with Crippen LogP contribution in [0.2, 0.25) is 5.02 Å². The van der Waals surface area contributed by atoms with Crippen molar-refractivity contribution < 1.29 is 14.7 Å². The minimum Gasteiger partial charge on any atom is -0.389 e. The number of aromatic nitrogens is 2. The molecule has 7 nitrogen and oxygen atoms in total. The van der Waals surface area contributed by atoms with E-state index in [9.17, 15) is 14.7 Å². The third-order valence-corrected chi connectivity index (χ3v) is 5.56. The Bertz CT molecular complexity index is 1090. The Hall–Kier alpha value is -2.90. The Morgan fingerprint density at radius 1 is 1.24 bits per heavy atom. The number of hydrogen-bond acceptors (Lipinski definition) is 4. The van der Waals surface area contributed by atoms with Crippen LogP contribution >= 0.6 is 11.6 Å². The van der Waals surface area contributed by atoms with Gasteiger partial charge in [0.15, 0.2) is 0 Å². The second-order valence-electron chi connectivity index (χ2n) is 7.38. The molecule has 1 aliphatic rings. The number of pyridine rings is 1. The molecule has 2 N–H and O–H groups in total. The van der Waals surface area contributed by atoms with E-state index in [-0.39, 0.29) is 24.9 Å². The van der Waals surface area contributed by atoms with E-state index >= 15 is 0 Å². The van der Waals surface area contributed by atoms with Gasteiger partial charge in [-0.3, -0.25) is 9.59 Å². The topological polar surface area (TPSA) is 86.9 Å². The Balaban J connectivity index is 1.51. The molecule has 3 aromatic rings. The zero-order valence-electron chi connectivity index (χ0n) is 16.1. The standard InChI is InChI=1S/C21H21ClN4O3/c1-12-6-7-26-17(8-12)14(9-23-26)21(29)25-10-16(18(27)11-25)24-20(28)19-13(2)4-3-5-15(19)22/h3-9,16,18,27H,10-11H2,1-2H3,(H,24,28)/t16-,18-/m1/s1. The summed E-state index contributed by atoms with van der Waals surface area (Å²) >= 11 is 6.16. The van der Waals surface area contributed by atoms with E-state index < -0.39 is 12.1 Å². The highest BCUT2D eigenvalue weighted by Gasteiger charge is 2.36. The number of nitrogens with zero attached hydrogens (tertiary/aromatic N) is 3. The van der Waals surface area contributed by atoms with Gasteiger partial charge in [-0.25, -0.2) is 4.52 Å². The van der Waals surface area contributed by atoms with Crippen molar-refractivity contribution in [1.82, 2.24) is 19.8 Å². The van der Waals surface area contributed by atoms with Gasteiger partial charge in [0.2, 0.25) is 0 Å². The number of hydrogen-bond donors (Lipinski definition) is 2. The fraction of sp³-hybridized carbons (Fsp3) is 0.286. The number of fused-ring (bicyclic) bond motifs is 1. The molecule has 29 heavy (non-hydrogen) atoms. The predicted octanol–water partition coefficient (Wildman–Crippen LogP) is 2.22. The summed E-state index contributed by atoms with van der Waals surface area (Å²) in [7, 11) is 0. The third kappa shape index (κ3) is 3.59. The van der Waals surface area contributed by atoms with Crippen LogP contribution < -0.4 is 5.32 Å². The average molecular weight is 413 g/mol. The predicted molar refractivity (Wildman–Crippen MR) is 109 cm³/mol. The van der Waals surface area contributed by atoms with Crippen LogP contribution in [0.5, 0.6) is 0 Å². The van der Waals surface area contributed by atoms with Gasteiger partial charge >= 0.3 is 0 Å². The summed E-state index contributed by atoms with van der Waals surface area (Å²) in [5, 5.41) is 17.8. The van der Waals surface area contributed by atoms with E-state index in [0.717, 1.165) is 11.1 Å². The molecule has 1 saturated heterocycles. The third-order valence-electron chi connectivity index (χ3n) is 5.25. The molecule has 1 aliphatic heterocycles. The van der Waals surface area contributed by atoms with Gasteiger partial charge in [-0.1, -0.05) is 23.7 Å². The minimum atomic E-state index is -0.866. The van der Waals surface area contributed by atoms with Gasteiger partial charge in [0.05, 0.1) is 40.0 Å². The van der Waals surface area contributed by atoms with Crippen molar-refractivity contribution in [2.24, 2.45) is 0 Å². The summed E-state index contributed by atoms with van der Waals surface area (Å²) in [5.41, 5.74) is 3.33. The van der Waals surface area contributed by atoms with Crippen molar-refractivity contribution in [2.75, 3.05) is 13.1 Å². The number of rotatable bonds is 3. The fourth-order valence-electron chi connectivity index (χ4n) is 3.68. The van der Waals surface area contributed by atoms with E-state index in [4.69, 9.17) is 11.6 Å². The summed E-state index contributed by atoms with van der Waals surface area (Å²) < 4.78 is 1.65. The van der Waals surface area contributed by atoms with Crippen molar-refractivity contribution >= 4 is 28.9 Å². The van der Waals surface area contributed by atoms with Crippen molar-refractivity contribution in [3.05, 3.63) is 70.0 Å². The lowest BCUT2D eigenvalue weighted by atomic mass is 10.1. The average Bonchev–Trinajstić information content (AvgIpc) is 3.24. The zero-order valence-corrected chi connectivity index (χ0v) is 16.8. The molecule has 0 bridgehead atoms. The number of carbonyl (C=O) groups is 2. The SMILES string of the molecule is Cc1ccn2ncc(C(=O)N3C[C@@H](O)[C@H](NC(=O)c4c(C)cccc4Cl)C3)c2c1. The lowest BCUT2D eigenvalue weighted by molar-refractivity contribution is 0.0766. The molecule has 2 aromatic heterocycles. The molecule has 0 unspecified atom stereocenters. The maximum atomic E-state index is 13.0. The Labute approximate surface area is 172 Å². The van der Waals surface area contributed by atoms with Crippen LogP contribution in [-0.4, -0.2) is 56.7 Å². The van der Waals surface area contributed by atoms with Gasteiger partial charge in [0, 0.05) is 19.3 Å². The quantitative estimate of drug-likeness (QED) is 0.690. The second kappa shape index (κ2) is 7.50. The molecule has 150 valence electrons. The van der Waals surface area contributed by atoms with Gasteiger partial charge in [0.1, 0.15) is 0 Å². The monoisotopic (exact) mass is 412 g/mol. The number of carbonyl (C=O) groups excluding carboxylic acids is 2.